The van der Waals surface area contributed by atoms with E-state index >= 15 is 0 Å². The van der Waals surface area contributed by atoms with Gasteiger partial charge in [-0.2, -0.15) is 4.98 Å². The molecule has 4 rings (SSSR count). The number of pyridine rings is 1. The molecule has 0 aliphatic carbocycles. The first-order valence-corrected chi connectivity index (χ1v) is 7.41. The molecule has 0 aliphatic heterocycles. The van der Waals surface area contributed by atoms with Crippen molar-refractivity contribution in [1.82, 2.24) is 9.97 Å². The fourth-order valence-electron chi connectivity index (χ4n) is 2.54. The number of nitrogens with zero attached hydrogens (tertiary/aromatic N) is 2. The van der Waals surface area contributed by atoms with Gasteiger partial charge >= 0.3 is 12.0 Å². The molecule has 7 nitrogen and oxygen atoms in total. The van der Waals surface area contributed by atoms with Crippen LogP contribution in [0.3, 0.4) is 0 Å². The van der Waals surface area contributed by atoms with Crippen molar-refractivity contribution in [1.29, 1.82) is 0 Å². The normalized spacial score (nSPS) is 10.9. The number of hydrogen-bond acceptors (Lipinski definition) is 5. The van der Waals surface area contributed by atoms with E-state index in [1.54, 1.807) is 24.4 Å². The molecule has 25 heavy (non-hydrogen) atoms. The zero-order chi connectivity index (χ0) is 17.4. The summed E-state index contributed by atoms with van der Waals surface area (Å²) in [6.07, 6.45) is 1.61. The van der Waals surface area contributed by atoms with E-state index in [0.29, 0.717) is 5.52 Å². The highest BCUT2D eigenvalue weighted by atomic mass is 16.4. The minimum Gasteiger partial charge on any atom is -0.478 e. The molecule has 1 amide bonds. The van der Waals surface area contributed by atoms with Crippen molar-refractivity contribution in [3.8, 4) is 0 Å². The summed E-state index contributed by atoms with van der Waals surface area (Å²) in [6.45, 7) is 0. The minimum atomic E-state index is -1.13. The van der Waals surface area contributed by atoms with Gasteiger partial charge in [0.1, 0.15) is 16.8 Å². The van der Waals surface area contributed by atoms with Crippen LogP contribution >= 0.6 is 0 Å². The van der Waals surface area contributed by atoms with Gasteiger partial charge in [0.15, 0.2) is 5.58 Å². The number of aromatic nitrogens is 2. The number of oxazole rings is 1. The number of nitrogens with one attached hydrogen (secondary N) is 1. The van der Waals surface area contributed by atoms with Crippen LogP contribution in [-0.4, -0.2) is 27.0 Å². The number of carbonyl (C=O) groups excluding carboxylic acids is 1. The molecular weight excluding hydrogens is 322 g/mol. The van der Waals surface area contributed by atoms with Gasteiger partial charge in [-0.1, -0.05) is 30.3 Å². The van der Waals surface area contributed by atoms with Crippen molar-refractivity contribution in [2.45, 2.75) is 0 Å². The Morgan fingerprint density at radius 2 is 1.84 bits per heavy atom. The molecule has 2 N–H and O–H groups in total. The SMILES string of the molecule is O=C(Nc1nc2cccc(C(=O)O)c2o1)c1cc2ccccc2cn1. The van der Waals surface area contributed by atoms with Crippen molar-refractivity contribution < 1.29 is 19.1 Å². The number of hydrogen-bond donors (Lipinski definition) is 2. The van der Waals surface area contributed by atoms with Crippen LogP contribution in [0.1, 0.15) is 20.8 Å². The zero-order valence-corrected chi connectivity index (χ0v) is 12.8. The first kappa shape index (κ1) is 14.8. The number of aromatic carboxylic acids is 1. The molecule has 2 aromatic heterocycles. The molecule has 2 heterocycles. The Morgan fingerprint density at radius 1 is 1.04 bits per heavy atom. The van der Waals surface area contributed by atoms with Crippen LogP contribution < -0.4 is 5.32 Å². The Morgan fingerprint density at radius 3 is 2.64 bits per heavy atom. The van der Waals surface area contributed by atoms with E-state index in [0.717, 1.165) is 10.8 Å². The molecule has 0 bridgehead atoms. The van der Waals surface area contributed by atoms with E-state index in [9.17, 15) is 9.59 Å². The summed E-state index contributed by atoms with van der Waals surface area (Å²) >= 11 is 0. The molecule has 0 aliphatic rings. The van der Waals surface area contributed by atoms with Gasteiger partial charge in [-0.15, -0.1) is 0 Å². The van der Waals surface area contributed by atoms with Gasteiger partial charge in [0.05, 0.1) is 0 Å². The number of rotatable bonds is 3. The quantitative estimate of drug-likeness (QED) is 0.596. The standard InChI is InChI=1S/C18H11N3O4/c22-16(14-8-10-4-1-2-5-11(10)9-19-14)21-18-20-13-7-3-6-12(17(23)24)15(13)25-18/h1-9H,(H,23,24)(H,20,21,22). The van der Waals surface area contributed by atoms with Gasteiger partial charge < -0.3 is 9.52 Å². The lowest BCUT2D eigenvalue weighted by Gasteiger charge is -2.02. The first-order chi connectivity index (χ1) is 12.1. The maximum atomic E-state index is 12.4. The molecule has 7 heteroatoms. The molecule has 0 atom stereocenters. The topological polar surface area (TPSA) is 105 Å². The van der Waals surface area contributed by atoms with Crippen LogP contribution in [0.25, 0.3) is 21.9 Å². The van der Waals surface area contributed by atoms with Crippen LogP contribution in [0.15, 0.2) is 59.1 Å². The van der Waals surface area contributed by atoms with E-state index in [2.05, 4.69) is 15.3 Å². The molecule has 0 spiro atoms. The van der Waals surface area contributed by atoms with Crippen molar-refractivity contribution >= 4 is 39.8 Å². The average Bonchev–Trinajstić information content (AvgIpc) is 3.03. The Hall–Kier alpha value is -3.74. The number of para-hydroxylation sites is 1. The van der Waals surface area contributed by atoms with E-state index in [-0.39, 0.29) is 22.9 Å². The fourth-order valence-corrected chi connectivity index (χ4v) is 2.54. The summed E-state index contributed by atoms with van der Waals surface area (Å²) in [6, 6.07) is 13.7. The third-order valence-electron chi connectivity index (χ3n) is 3.73. The van der Waals surface area contributed by atoms with Crippen LogP contribution in [-0.2, 0) is 0 Å². The number of fused-ring (bicyclic) bond motifs is 2. The van der Waals surface area contributed by atoms with Gasteiger partial charge in [-0.05, 0) is 23.6 Å². The fraction of sp³-hybridized carbons (Fsp3) is 0. The second-order valence-corrected chi connectivity index (χ2v) is 5.35. The summed E-state index contributed by atoms with van der Waals surface area (Å²) in [4.78, 5) is 31.8. The van der Waals surface area contributed by atoms with E-state index in [1.165, 1.54) is 6.07 Å². The zero-order valence-electron chi connectivity index (χ0n) is 12.8. The highest BCUT2D eigenvalue weighted by Gasteiger charge is 2.17. The number of carboxylic acid groups (broad SMARTS) is 1. The molecule has 0 unspecified atom stereocenters. The van der Waals surface area contributed by atoms with Crippen LogP contribution in [0, 0.1) is 0 Å². The average molecular weight is 333 g/mol. The lowest BCUT2D eigenvalue weighted by atomic mass is 10.1. The molecule has 0 saturated heterocycles. The lowest BCUT2D eigenvalue weighted by molar-refractivity contribution is 0.0697. The summed E-state index contributed by atoms with van der Waals surface area (Å²) in [5, 5.41) is 13.5. The number of benzene rings is 2. The van der Waals surface area contributed by atoms with Gasteiger partial charge in [0.25, 0.3) is 5.91 Å². The van der Waals surface area contributed by atoms with E-state index in [1.807, 2.05) is 24.3 Å². The molecule has 4 aromatic rings. The van der Waals surface area contributed by atoms with Crippen LogP contribution in [0.2, 0.25) is 0 Å². The Bertz CT molecular complexity index is 1130. The monoisotopic (exact) mass is 333 g/mol. The predicted molar refractivity (Wildman–Crippen MR) is 90.7 cm³/mol. The summed E-state index contributed by atoms with van der Waals surface area (Å²) in [5.41, 5.74) is 0.646. The summed E-state index contributed by atoms with van der Waals surface area (Å²) < 4.78 is 5.39. The smallest absolute Gasteiger partial charge is 0.339 e. The van der Waals surface area contributed by atoms with E-state index < -0.39 is 11.9 Å². The summed E-state index contributed by atoms with van der Waals surface area (Å²) in [7, 11) is 0. The Balaban J connectivity index is 1.66. The summed E-state index contributed by atoms with van der Waals surface area (Å²) in [5.74, 6) is -1.62. The number of anilines is 1. The molecule has 122 valence electrons. The lowest BCUT2D eigenvalue weighted by Crippen LogP contribution is -2.13. The molecule has 0 radical (unpaired) electrons. The van der Waals surface area contributed by atoms with Gasteiger partial charge in [-0.3, -0.25) is 15.1 Å². The van der Waals surface area contributed by atoms with Crippen molar-refractivity contribution in [3.63, 3.8) is 0 Å². The predicted octanol–water partition coefficient (Wildman–Crippen LogP) is 3.33. The van der Waals surface area contributed by atoms with Crippen molar-refractivity contribution in [2.24, 2.45) is 0 Å². The van der Waals surface area contributed by atoms with Crippen molar-refractivity contribution in [3.05, 3.63) is 66.0 Å². The number of carbonyl (C=O) groups is 2. The minimum absolute atomic E-state index is 0.0191. The van der Waals surface area contributed by atoms with E-state index in [4.69, 9.17) is 9.52 Å². The van der Waals surface area contributed by atoms with Gasteiger partial charge in [0, 0.05) is 11.6 Å². The van der Waals surface area contributed by atoms with Crippen LogP contribution in [0.5, 0.6) is 0 Å². The van der Waals surface area contributed by atoms with Gasteiger partial charge in [0.2, 0.25) is 0 Å². The largest absolute Gasteiger partial charge is 0.478 e. The highest BCUT2D eigenvalue weighted by Crippen LogP contribution is 2.23. The van der Waals surface area contributed by atoms with Crippen LogP contribution in [0.4, 0.5) is 6.01 Å². The molecular formula is C18H11N3O4. The highest BCUT2D eigenvalue weighted by molar-refractivity contribution is 6.05. The second-order valence-electron chi connectivity index (χ2n) is 5.35. The Labute approximate surface area is 140 Å². The van der Waals surface area contributed by atoms with Crippen molar-refractivity contribution in [2.75, 3.05) is 5.32 Å². The molecule has 0 saturated carbocycles. The van der Waals surface area contributed by atoms with Gasteiger partial charge in [-0.25, -0.2) is 4.79 Å². The Kier molecular flexibility index (Phi) is 3.39. The first-order valence-electron chi connectivity index (χ1n) is 7.41. The maximum absolute atomic E-state index is 12.4. The third kappa shape index (κ3) is 2.67. The maximum Gasteiger partial charge on any atom is 0.339 e. The second kappa shape index (κ2) is 5.72. The molecule has 2 aromatic carbocycles. The number of amides is 1. The molecule has 0 fully saturated rings. The number of carboxylic acids is 1. The third-order valence-corrected chi connectivity index (χ3v) is 3.73.